The first-order valence-electron chi connectivity index (χ1n) is 10.1. The summed E-state index contributed by atoms with van der Waals surface area (Å²) < 4.78 is 0. The summed E-state index contributed by atoms with van der Waals surface area (Å²) in [6.45, 7) is 0. The van der Waals surface area contributed by atoms with E-state index in [1.54, 1.807) is 0 Å². The van der Waals surface area contributed by atoms with Gasteiger partial charge in [0, 0.05) is 27.4 Å². The van der Waals surface area contributed by atoms with Crippen LogP contribution in [0.3, 0.4) is 0 Å². The molecule has 1 aromatic heterocycles. The van der Waals surface area contributed by atoms with Crippen LogP contribution in [-0.4, -0.2) is 4.98 Å². The normalized spacial score (nSPS) is 12.1. The number of aromatic amines is 1. The second-order valence-electron chi connectivity index (χ2n) is 7.84. The van der Waals surface area contributed by atoms with Crippen LogP contribution in [0.5, 0.6) is 0 Å². The van der Waals surface area contributed by atoms with Crippen molar-refractivity contribution in [2.24, 2.45) is 0 Å². The van der Waals surface area contributed by atoms with Gasteiger partial charge < -0.3 is 4.98 Å². The molecule has 134 valence electrons. The molecule has 5 aromatic carbocycles. The van der Waals surface area contributed by atoms with Crippen molar-refractivity contribution >= 4 is 32.6 Å². The quantitative estimate of drug-likeness (QED) is 0.305. The van der Waals surface area contributed by atoms with E-state index in [1.807, 2.05) is 0 Å². The van der Waals surface area contributed by atoms with Crippen molar-refractivity contribution in [1.29, 1.82) is 0 Å². The molecule has 0 saturated heterocycles. The van der Waals surface area contributed by atoms with Crippen LogP contribution in [0.25, 0.3) is 66.0 Å². The lowest BCUT2D eigenvalue weighted by molar-refractivity contribution is 1.54. The van der Waals surface area contributed by atoms with E-state index in [-0.39, 0.29) is 0 Å². The lowest BCUT2D eigenvalue weighted by atomic mass is 9.89. The molecular formula is C28H17N. The van der Waals surface area contributed by atoms with Crippen molar-refractivity contribution in [3.05, 3.63) is 97.1 Å². The monoisotopic (exact) mass is 367 g/mol. The smallest absolute Gasteiger partial charge is 0.0471 e. The zero-order chi connectivity index (χ0) is 18.9. The van der Waals surface area contributed by atoms with Crippen molar-refractivity contribution in [2.75, 3.05) is 0 Å². The lowest BCUT2D eigenvalue weighted by Gasteiger charge is -2.14. The molecule has 29 heavy (non-hydrogen) atoms. The molecule has 1 aliphatic rings. The Morgan fingerprint density at radius 1 is 0.414 bits per heavy atom. The third kappa shape index (κ3) is 1.89. The molecular weight excluding hydrogens is 350 g/mol. The highest BCUT2D eigenvalue weighted by atomic mass is 14.7. The maximum atomic E-state index is 3.67. The summed E-state index contributed by atoms with van der Waals surface area (Å²) in [4.78, 5) is 3.67. The number of hydrogen-bond acceptors (Lipinski definition) is 0. The number of hydrogen-bond donors (Lipinski definition) is 1. The van der Waals surface area contributed by atoms with Gasteiger partial charge in [-0.1, -0.05) is 84.9 Å². The van der Waals surface area contributed by atoms with Gasteiger partial charge in [0.2, 0.25) is 0 Å². The van der Waals surface area contributed by atoms with E-state index in [4.69, 9.17) is 0 Å². The van der Waals surface area contributed by atoms with Crippen LogP contribution in [0.15, 0.2) is 97.1 Å². The number of benzene rings is 5. The first kappa shape index (κ1) is 15.1. The topological polar surface area (TPSA) is 15.8 Å². The van der Waals surface area contributed by atoms with Gasteiger partial charge in [-0.2, -0.15) is 0 Å². The predicted octanol–water partition coefficient (Wildman–Crippen LogP) is 7.79. The average Bonchev–Trinajstić information content (AvgIpc) is 3.11. The van der Waals surface area contributed by atoms with Gasteiger partial charge in [-0.05, 0) is 50.7 Å². The first-order valence-corrected chi connectivity index (χ1v) is 10.1. The Morgan fingerprint density at radius 3 is 1.93 bits per heavy atom. The molecule has 0 bridgehead atoms. The highest BCUT2D eigenvalue weighted by Gasteiger charge is 2.24. The van der Waals surface area contributed by atoms with Gasteiger partial charge >= 0.3 is 0 Å². The molecule has 0 atom stereocenters. The highest BCUT2D eigenvalue weighted by molar-refractivity contribution is 6.28. The molecule has 1 aliphatic carbocycles. The number of aromatic nitrogens is 1. The van der Waals surface area contributed by atoms with Crippen molar-refractivity contribution in [2.45, 2.75) is 0 Å². The van der Waals surface area contributed by atoms with E-state index in [2.05, 4.69) is 102 Å². The standard InChI is InChI=1S/C28H17N/c1-2-7-17(8-3-1)19-15-16-24-28-26(19)22-13-5-10-18-9-4-11-20(25(18)22)21-12-6-14-23(29-24)27(21)28/h1-16,29H. The Kier molecular flexibility index (Phi) is 2.80. The SMILES string of the molecule is c1ccc(-c2ccc3[nH]c4cccc5c4c3c2-c2cccc3cccc-5c23)cc1. The molecule has 0 amide bonds. The summed E-state index contributed by atoms with van der Waals surface area (Å²) in [6, 6.07) is 35.3. The third-order valence-electron chi connectivity index (χ3n) is 6.34. The fourth-order valence-corrected chi connectivity index (χ4v) is 5.17. The van der Waals surface area contributed by atoms with Crippen LogP contribution in [0.1, 0.15) is 0 Å². The van der Waals surface area contributed by atoms with Gasteiger partial charge in [-0.3, -0.25) is 0 Å². The second kappa shape index (κ2) is 5.36. The van der Waals surface area contributed by atoms with Gasteiger partial charge in [-0.25, -0.2) is 0 Å². The maximum Gasteiger partial charge on any atom is 0.0471 e. The zero-order valence-corrected chi connectivity index (χ0v) is 15.7. The highest BCUT2D eigenvalue weighted by Crippen LogP contribution is 2.50. The molecule has 0 unspecified atom stereocenters. The van der Waals surface area contributed by atoms with Crippen molar-refractivity contribution in [1.82, 2.24) is 4.98 Å². The first-order chi connectivity index (χ1) is 14.4. The molecule has 0 spiro atoms. The van der Waals surface area contributed by atoms with Crippen LogP contribution in [0.2, 0.25) is 0 Å². The Bertz CT molecular complexity index is 1580. The van der Waals surface area contributed by atoms with Crippen LogP contribution < -0.4 is 0 Å². The maximum absolute atomic E-state index is 3.67. The Hall–Kier alpha value is -3.84. The molecule has 1 heterocycles. The third-order valence-corrected chi connectivity index (χ3v) is 6.34. The Morgan fingerprint density at radius 2 is 1.10 bits per heavy atom. The van der Waals surface area contributed by atoms with E-state index in [0.29, 0.717) is 0 Å². The van der Waals surface area contributed by atoms with E-state index in [9.17, 15) is 0 Å². The largest absolute Gasteiger partial charge is 0.354 e. The minimum atomic E-state index is 1.20. The van der Waals surface area contributed by atoms with E-state index >= 15 is 0 Å². The molecule has 0 saturated carbocycles. The average molecular weight is 367 g/mol. The van der Waals surface area contributed by atoms with Crippen molar-refractivity contribution < 1.29 is 0 Å². The molecule has 1 nitrogen and oxygen atoms in total. The molecule has 1 N–H and O–H groups in total. The summed E-state index contributed by atoms with van der Waals surface area (Å²) in [5, 5.41) is 5.31. The van der Waals surface area contributed by atoms with Crippen LogP contribution in [0.4, 0.5) is 0 Å². The lowest BCUT2D eigenvalue weighted by Crippen LogP contribution is -1.88. The number of H-pyrrole nitrogens is 1. The van der Waals surface area contributed by atoms with Crippen molar-refractivity contribution in [3.8, 4) is 33.4 Å². The molecule has 0 radical (unpaired) electrons. The number of nitrogens with one attached hydrogen (secondary N) is 1. The van der Waals surface area contributed by atoms with E-state index in [0.717, 1.165) is 0 Å². The predicted molar refractivity (Wildman–Crippen MR) is 123 cm³/mol. The van der Waals surface area contributed by atoms with Crippen LogP contribution >= 0.6 is 0 Å². The fourth-order valence-electron chi connectivity index (χ4n) is 5.17. The molecule has 6 aromatic rings. The molecule has 0 aliphatic heterocycles. The van der Waals surface area contributed by atoms with Gasteiger partial charge in [0.1, 0.15) is 0 Å². The number of rotatable bonds is 1. The van der Waals surface area contributed by atoms with E-state index in [1.165, 1.54) is 66.0 Å². The van der Waals surface area contributed by atoms with Gasteiger partial charge in [-0.15, -0.1) is 0 Å². The minimum absolute atomic E-state index is 1.20. The summed E-state index contributed by atoms with van der Waals surface area (Å²) >= 11 is 0. The molecule has 0 fully saturated rings. The van der Waals surface area contributed by atoms with Gasteiger partial charge in [0.15, 0.2) is 0 Å². The summed E-state index contributed by atoms with van der Waals surface area (Å²) in [5.41, 5.74) is 10.2. The summed E-state index contributed by atoms with van der Waals surface area (Å²) in [6.07, 6.45) is 0. The minimum Gasteiger partial charge on any atom is -0.354 e. The number of fused-ring (bicyclic) bond motifs is 2. The summed E-state index contributed by atoms with van der Waals surface area (Å²) in [5.74, 6) is 0. The Labute approximate surface area is 168 Å². The van der Waals surface area contributed by atoms with E-state index < -0.39 is 0 Å². The van der Waals surface area contributed by atoms with Crippen LogP contribution in [0, 0.1) is 0 Å². The molecule has 1 heteroatoms. The second-order valence-corrected chi connectivity index (χ2v) is 7.84. The molecule has 7 rings (SSSR count). The van der Waals surface area contributed by atoms with Crippen LogP contribution in [-0.2, 0) is 0 Å². The van der Waals surface area contributed by atoms with Gasteiger partial charge in [0.25, 0.3) is 0 Å². The zero-order valence-electron chi connectivity index (χ0n) is 15.7. The fraction of sp³-hybridized carbons (Fsp3) is 0. The van der Waals surface area contributed by atoms with Gasteiger partial charge in [0.05, 0.1) is 0 Å². The van der Waals surface area contributed by atoms with Crippen molar-refractivity contribution in [3.63, 3.8) is 0 Å². The Balaban J connectivity index is 1.82. The summed E-state index contributed by atoms with van der Waals surface area (Å²) in [7, 11) is 0.